The number of halogens is 1. The highest BCUT2D eigenvalue weighted by atomic mass is 79.9. The highest BCUT2D eigenvalue weighted by molar-refractivity contribution is 9.09. The summed E-state index contributed by atoms with van der Waals surface area (Å²) in [5.74, 6) is -0.250. The van der Waals surface area contributed by atoms with Crippen molar-refractivity contribution in [3.63, 3.8) is 0 Å². The molecule has 0 bridgehead atoms. The molecule has 4 heteroatoms. The number of alkyl halides is 1. The van der Waals surface area contributed by atoms with Gasteiger partial charge in [0, 0.05) is 6.92 Å². The monoisotopic (exact) mass is 224 g/mol. The minimum atomic E-state index is -0.250. The SMILES string of the molecule is CC(=O)OC(Br)C[N+](C)(C)C. The quantitative estimate of drug-likeness (QED) is 0.406. The zero-order chi connectivity index (χ0) is 9.07. The van der Waals surface area contributed by atoms with E-state index in [1.807, 2.05) is 21.1 Å². The van der Waals surface area contributed by atoms with Gasteiger partial charge < -0.3 is 9.22 Å². The first-order valence-corrected chi connectivity index (χ1v) is 4.34. The Morgan fingerprint density at radius 1 is 1.55 bits per heavy atom. The third-order valence-corrected chi connectivity index (χ3v) is 1.46. The van der Waals surface area contributed by atoms with Crippen molar-refractivity contribution in [3.05, 3.63) is 0 Å². The molecule has 1 atom stereocenters. The predicted octanol–water partition coefficient (Wildman–Crippen LogP) is 0.977. The van der Waals surface area contributed by atoms with Crippen molar-refractivity contribution in [3.8, 4) is 0 Å². The normalized spacial score (nSPS) is 14.3. The molecule has 0 radical (unpaired) electrons. The van der Waals surface area contributed by atoms with Gasteiger partial charge in [-0.15, -0.1) is 0 Å². The van der Waals surface area contributed by atoms with E-state index in [1.54, 1.807) is 0 Å². The Kier molecular flexibility index (Phi) is 4.03. The van der Waals surface area contributed by atoms with Gasteiger partial charge in [-0.2, -0.15) is 0 Å². The van der Waals surface area contributed by atoms with Crippen LogP contribution in [0, 0.1) is 0 Å². The van der Waals surface area contributed by atoms with Gasteiger partial charge in [-0.25, -0.2) is 0 Å². The average molecular weight is 225 g/mol. The molecule has 11 heavy (non-hydrogen) atoms. The van der Waals surface area contributed by atoms with Crippen molar-refractivity contribution in [1.82, 2.24) is 0 Å². The molecule has 0 aliphatic rings. The van der Waals surface area contributed by atoms with Gasteiger partial charge >= 0.3 is 5.97 Å². The van der Waals surface area contributed by atoms with Gasteiger partial charge in [-0.1, -0.05) is 0 Å². The molecular formula is C7H15BrNO2+. The van der Waals surface area contributed by atoms with Crippen LogP contribution in [0.2, 0.25) is 0 Å². The second-order valence-corrected chi connectivity index (χ2v) is 4.51. The van der Waals surface area contributed by atoms with Gasteiger partial charge in [-0.3, -0.25) is 4.79 Å². The lowest BCUT2D eigenvalue weighted by Crippen LogP contribution is -2.40. The predicted molar refractivity (Wildman–Crippen MR) is 47.4 cm³/mol. The number of hydrogen-bond donors (Lipinski definition) is 0. The van der Waals surface area contributed by atoms with Gasteiger partial charge in [-0.05, 0) is 15.9 Å². The molecule has 0 aliphatic carbocycles. The smallest absolute Gasteiger partial charge is 0.303 e. The molecule has 0 aromatic rings. The summed E-state index contributed by atoms with van der Waals surface area (Å²) in [6.07, 6.45) is 0. The van der Waals surface area contributed by atoms with Crippen LogP contribution in [0.1, 0.15) is 6.92 Å². The van der Waals surface area contributed by atoms with E-state index in [2.05, 4.69) is 15.9 Å². The van der Waals surface area contributed by atoms with Crippen LogP contribution in [0.15, 0.2) is 0 Å². The van der Waals surface area contributed by atoms with E-state index < -0.39 is 0 Å². The summed E-state index contributed by atoms with van der Waals surface area (Å²) in [4.78, 5) is 10.5. The van der Waals surface area contributed by atoms with E-state index in [-0.39, 0.29) is 11.0 Å². The van der Waals surface area contributed by atoms with E-state index in [1.165, 1.54) is 6.92 Å². The number of hydrogen-bond acceptors (Lipinski definition) is 2. The summed E-state index contributed by atoms with van der Waals surface area (Å²) in [7, 11) is 6.12. The number of carbonyl (C=O) groups is 1. The summed E-state index contributed by atoms with van der Waals surface area (Å²) in [6, 6.07) is 0. The molecule has 0 aromatic heterocycles. The molecule has 0 saturated carbocycles. The Labute approximate surface area is 76.0 Å². The molecule has 0 heterocycles. The first-order valence-electron chi connectivity index (χ1n) is 3.43. The zero-order valence-corrected chi connectivity index (χ0v) is 9.01. The molecule has 1 unspecified atom stereocenters. The minimum absolute atomic E-state index is 0.181. The summed E-state index contributed by atoms with van der Waals surface area (Å²) in [6.45, 7) is 2.17. The largest absolute Gasteiger partial charge is 0.445 e. The van der Waals surface area contributed by atoms with Crippen molar-refractivity contribution in [2.75, 3.05) is 27.7 Å². The van der Waals surface area contributed by atoms with Gasteiger partial charge in [0.15, 0.2) is 0 Å². The van der Waals surface area contributed by atoms with Crippen LogP contribution in [-0.2, 0) is 9.53 Å². The number of nitrogens with zero attached hydrogens (tertiary/aromatic N) is 1. The Hall–Kier alpha value is -0.0900. The highest BCUT2D eigenvalue weighted by Crippen LogP contribution is 2.06. The van der Waals surface area contributed by atoms with Crippen molar-refractivity contribution >= 4 is 21.9 Å². The lowest BCUT2D eigenvalue weighted by molar-refractivity contribution is -0.871. The maximum absolute atomic E-state index is 10.5. The second-order valence-electron chi connectivity index (χ2n) is 3.49. The van der Waals surface area contributed by atoms with E-state index >= 15 is 0 Å². The fraction of sp³-hybridized carbons (Fsp3) is 0.857. The van der Waals surface area contributed by atoms with Crippen LogP contribution < -0.4 is 0 Å². The molecule has 0 amide bonds. The van der Waals surface area contributed by atoms with Crippen molar-refractivity contribution in [2.45, 2.75) is 11.9 Å². The molecule has 3 nitrogen and oxygen atoms in total. The van der Waals surface area contributed by atoms with Crippen LogP contribution in [0.5, 0.6) is 0 Å². The summed E-state index contributed by atoms with van der Waals surface area (Å²) in [5.41, 5.74) is 0. The van der Waals surface area contributed by atoms with Gasteiger partial charge in [0.25, 0.3) is 0 Å². The van der Waals surface area contributed by atoms with Crippen molar-refractivity contribution in [1.29, 1.82) is 0 Å². The topological polar surface area (TPSA) is 26.3 Å². The van der Waals surface area contributed by atoms with Crippen molar-refractivity contribution < 1.29 is 14.0 Å². The van der Waals surface area contributed by atoms with Crippen LogP contribution in [0.4, 0.5) is 0 Å². The van der Waals surface area contributed by atoms with Gasteiger partial charge in [0.2, 0.25) is 5.01 Å². The number of rotatable bonds is 3. The molecule has 0 saturated heterocycles. The Morgan fingerprint density at radius 3 is 2.27 bits per heavy atom. The lowest BCUT2D eigenvalue weighted by atomic mass is 10.5. The zero-order valence-electron chi connectivity index (χ0n) is 7.43. The third-order valence-electron chi connectivity index (χ3n) is 0.985. The van der Waals surface area contributed by atoms with Crippen LogP contribution in [0.3, 0.4) is 0 Å². The number of carbonyl (C=O) groups excluding carboxylic acids is 1. The summed E-state index contributed by atoms with van der Waals surface area (Å²) >= 11 is 3.26. The average Bonchev–Trinajstić information content (AvgIpc) is 1.53. The molecule has 0 N–H and O–H groups in total. The Morgan fingerprint density at radius 2 is 2.00 bits per heavy atom. The minimum Gasteiger partial charge on any atom is -0.445 e. The number of quaternary nitrogens is 1. The molecule has 0 aliphatic heterocycles. The summed E-state index contributed by atoms with van der Waals surface area (Å²) in [5, 5.41) is -0.181. The second kappa shape index (κ2) is 4.07. The number of likely N-dealkylation sites (N-methyl/N-ethyl adjacent to an activating group) is 1. The Balaban J connectivity index is 3.69. The summed E-state index contributed by atoms with van der Waals surface area (Å²) < 4.78 is 5.66. The van der Waals surface area contributed by atoms with Crippen LogP contribution in [-0.4, -0.2) is 43.2 Å². The molecular weight excluding hydrogens is 210 g/mol. The van der Waals surface area contributed by atoms with Gasteiger partial charge in [0.1, 0.15) is 6.54 Å². The standard InChI is InChI=1S/C7H15BrNO2/c1-6(10)11-7(8)5-9(2,3)4/h7H,5H2,1-4H3/q+1. The molecule has 0 aromatic carbocycles. The van der Waals surface area contributed by atoms with E-state index in [9.17, 15) is 4.79 Å². The third kappa shape index (κ3) is 7.81. The van der Waals surface area contributed by atoms with Crippen LogP contribution >= 0.6 is 15.9 Å². The Bertz CT molecular complexity index is 142. The van der Waals surface area contributed by atoms with Crippen molar-refractivity contribution in [2.24, 2.45) is 0 Å². The van der Waals surface area contributed by atoms with E-state index in [0.717, 1.165) is 11.0 Å². The number of ether oxygens (including phenoxy) is 1. The first-order chi connectivity index (χ1) is 4.81. The molecule has 66 valence electrons. The van der Waals surface area contributed by atoms with Gasteiger partial charge in [0.05, 0.1) is 21.1 Å². The number of esters is 1. The fourth-order valence-electron chi connectivity index (χ4n) is 0.648. The van der Waals surface area contributed by atoms with E-state index in [0.29, 0.717) is 0 Å². The first kappa shape index (κ1) is 10.9. The molecule has 0 spiro atoms. The molecule has 0 fully saturated rings. The maximum atomic E-state index is 10.5. The molecule has 0 rings (SSSR count). The fourth-order valence-corrected chi connectivity index (χ4v) is 1.78. The van der Waals surface area contributed by atoms with Crippen LogP contribution in [0.25, 0.3) is 0 Å². The highest BCUT2D eigenvalue weighted by Gasteiger charge is 2.16. The van der Waals surface area contributed by atoms with E-state index in [4.69, 9.17) is 4.74 Å². The maximum Gasteiger partial charge on any atom is 0.303 e. The lowest BCUT2D eigenvalue weighted by Gasteiger charge is -2.25.